The van der Waals surface area contributed by atoms with Crippen LogP contribution in [0.15, 0.2) is 18.2 Å². The number of pyridine rings is 1. The molecule has 0 aliphatic heterocycles. The van der Waals surface area contributed by atoms with Gasteiger partial charge in [0.25, 0.3) is 5.91 Å². The number of benzene rings is 1. The molecule has 6 heteroatoms. The maximum absolute atomic E-state index is 13.0. The number of ether oxygens (including phenoxy) is 1. The summed E-state index contributed by atoms with van der Waals surface area (Å²) in [5.74, 6) is 1.26. The maximum Gasteiger partial charge on any atom is 0.262 e. The molecule has 0 radical (unpaired) electrons. The van der Waals surface area contributed by atoms with E-state index in [1.54, 1.807) is 7.11 Å². The fourth-order valence-electron chi connectivity index (χ4n) is 3.70. The zero-order valence-electron chi connectivity index (χ0n) is 16.5. The van der Waals surface area contributed by atoms with Gasteiger partial charge in [0.15, 0.2) is 0 Å². The van der Waals surface area contributed by atoms with Crippen LogP contribution < -0.4 is 10.1 Å². The van der Waals surface area contributed by atoms with Crippen molar-refractivity contribution in [3.05, 3.63) is 56.0 Å². The summed E-state index contributed by atoms with van der Waals surface area (Å²) in [7, 11) is 1.66. The number of hydrogen-bond donors (Lipinski definition) is 1. The first kappa shape index (κ1) is 19.2. The van der Waals surface area contributed by atoms with Crippen LogP contribution in [0.5, 0.6) is 5.75 Å². The number of carbonyl (C=O) groups excluding carboxylic acids is 1. The van der Waals surface area contributed by atoms with Gasteiger partial charge in [-0.05, 0) is 67.9 Å². The number of aromatic nitrogens is 1. The van der Waals surface area contributed by atoms with Gasteiger partial charge in [0, 0.05) is 11.9 Å². The zero-order chi connectivity index (χ0) is 20.0. The topological polar surface area (TPSA) is 51.2 Å². The van der Waals surface area contributed by atoms with Gasteiger partial charge in [-0.3, -0.25) is 4.79 Å². The lowest BCUT2D eigenvalue weighted by atomic mass is 10.0. The second-order valence-electron chi connectivity index (χ2n) is 7.42. The summed E-state index contributed by atoms with van der Waals surface area (Å²) in [6.45, 7) is 6.42. The zero-order valence-corrected chi connectivity index (χ0v) is 18.1. The molecule has 3 aromatic rings. The van der Waals surface area contributed by atoms with E-state index in [0.717, 1.165) is 61.6 Å². The fraction of sp³-hybridized carbons (Fsp3) is 0.364. The lowest BCUT2D eigenvalue weighted by molar-refractivity contribution is 0.0954. The molecule has 0 saturated heterocycles. The van der Waals surface area contributed by atoms with E-state index in [0.29, 0.717) is 17.5 Å². The van der Waals surface area contributed by atoms with E-state index in [-0.39, 0.29) is 5.91 Å². The van der Waals surface area contributed by atoms with E-state index >= 15 is 0 Å². The Hall–Kier alpha value is -2.11. The number of aryl methyl sites for hydroxylation is 3. The number of nitrogens with zero attached hydrogens (tertiary/aromatic N) is 1. The minimum atomic E-state index is -0.0356. The van der Waals surface area contributed by atoms with Gasteiger partial charge in [0.1, 0.15) is 10.6 Å². The number of rotatable bonds is 5. The summed E-state index contributed by atoms with van der Waals surface area (Å²) in [6.07, 6.45) is 2.24. The largest absolute Gasteiger partial charge is 0.496 e. The number of hydrogen-bond acceptors (Lipinski definition) is 4. The molecule has 1 saturated carbocycles. The maximum atomic E-state index is 13.0. The standard InChI is InChI=1S/C22H23ClN2O2S/c1-11-9-14(5-8-16(11)27-4)10-24-21(26)20-18(15-6-7-15)17-12(2)19(23)13(3)25-22(17)28-20/h5,8-9,15H,6-7,10H2,1-4H3,(H,24,26). The van der Waals surface area contributed by atoms with Gasteiger partial charge < -0.3 is 10.1 Å². The Morgan fingerprint density at radius 2 is 2.07 bits per heavy atom. The summed E-state index contributed by atoms with van der Waals surface area (Å²) in [6, 6.07) is 5.96. The molecule has 1 aliphatic rings. The molecule has 1 aromatic carbocycles. The molecule has 4 rings (SSSR count). The van der Waals surface area contributed by atoms with E-state index in [1.165, 1.54) is 11.3 Å². The molecule has 1 fully saturated rings. The number of carbonyl (C=O) groups is 1. The monoisotopic (exact) mass is 414 g/mol. The van der Waals surface area contributed by atoms with Crippen LogP contribution >= 0.6 is 22.9 Å². The molecule has 28 heavy (non-hydrogen) atoms. The van der Waals surface area contributed by atoms with E-state index in [9.17, 15) is 4.79 Å². The van der Waals surface area contributed by atoms with Crippen LogP contribution in [0.25, 0.3) is 10.2 Å². The molecular weight excluding hydrogens is 392 g/mol. The summed E-state index contributed by atoms with van der Waals surface area (Å²) >= 11 is 7.93. The Morgan fingerprint density at radius 1 is 1.32 bits per heavy atom. The van der Waals surface area contributed by atoms with Gasteiger partial charge in [-0.25, -0.2) is 4.98 Å². The SMILES string of the molecule is COc1ccc(CNC(=O)c2sc3nc(C)c(Cl)c(C)c3c2C2CC2)cc1C. The van der Waals surface area contributed by atoms with Crippen LogP contribution in [0.2, 0.25) is 5.02 Å². The van der Waals surface area contributed by atoms with Gasteiger partial charge in [-0.2, -0.15) is 0 Å². The van der Waals surface area contributed by atoms with Crippen molar-refractivity contribution in [2.45, 2.75) is 46.1 Å². The Morgan fingerprint density at radius 3 is 2.71 bits per heavy atom. The van der Waals surface area contributed by atoms with Crippen molar-refractivity contribution in [3.8, 4) is 5.75 Å². The highest BCUT2D eigenvalue weighted by atomic mass is 35.5. The summed E-state index contributed by atoms with van der Waals surface area (Å²) in [5.41, 5.74) is 5.09. The van der Waals surface area contributed by atoms with Crippen LogP contribution in [-0.2, 0) is 6.54 Å². The average Bonchev–Trinajstić information content (AvgIpc) is 3.45. The molecule has 1 aliphatic carbocycles. The lowest BCUT2D eigenvalue weighted by Crippen LogP contribution is -2.22. The van der Waals surface area contributed by atoms with Gasteiger partial charge in [0.2, 0.25) is 0 Å². The second-order valence-corrected chi connectivity index (χ2v) is 8.80. The van der Waals surface area contributed by atoms with E-state index < -0.39 is 0 Å². The number of methoxy groups -OCH3 is 1. The minimum absolute atomic E-state index is 0.0356. The van der Waals surface area contributed by atoms with Crippen molar-refractivity contribution in [1.82, 2.24) is 10.3 Å². The Labute approximate surface area is 173 Å². The molecule has 1 N–H and O–H groups in total. The molecule has 146 valence electrons. The van der Waals surface area contributed by atoms with Crippen LogP contribution in [0.1, 0.15) is 56.4 Å². The van der Waals surface area contributed by atoms with Gasteiger partial charge in [-0.15, -0.1) is 11.3 Å². The average molecular weight is 415 g/mol. The van der Waals surface area contributed by atoms with E-state index in [4.69, 9.17) is 16.3 Å². The van der Waals surface area contributed by atoms with Gasteiger partial charge in [0.05, 0.1) is 22.7 Å². The highest BCUT2D eigenvalue weighted by Gasteiger charge is 2.33. The van der Waals surface area contributed by atoms with E-state index in [1.807, 2.05) is 39.0 Å². The molecule has 2 aromatic heterocycles. The fourth-order valence-corrected chi connectivity index (χ4v) is 5.12. The Kier molecular flexibility index (Phi) is 5.06. The Bertz CT molecular complexity index is 1090. The van der Waals surface area contributed by atoms with Crippen LogP contribution in [0.3, 0.4) is 0 Å². The lowest BCUT2D eigenvalue weighted by Gasteiger charge is -2.09. The van der Waals surface area contributed by atoms with Crippen molar-refractivity contribution in [2.24, 2.45) is 0 Å². The van der Waals surface area contributed by atoms with E-state index in [2.05, 4.69) is 10.3 Å². The molecule has 0 atom stereocenters. The highest BCUT2D eigenvalue weighted by Crippen LogP contribution is 2.49. The molecule has 4 nitrogen and oxygen atoms in total. The van der Waals surface area contributed by atoms with Crippen molar-refractivity contribution >= 4 is 39.1 Å². The van der Waals surface area contributed by atoms with Crippen molar-refractivity contribution < 1.29 is 9.53 Å². The first-order valence-electron chi connectivity index (χ1n) is 9.41. The molecule has 0 bridgehead atoms. The molecule has 0 spiro atoms. The van der Waals surface area contributed by atoms with Crippen LogP contribution in [-0.4, -0.2) is 18.0 Å². The van der Waals surface area contributed by atoms with Crippen molar-refractivity contribution in [3.63, 3.8) is 0 Å². The summed E-state index contributed by atoms with van der Waals surface area (Å²) in [4.78, 5) is 19.4. The normalized spacial score (nSPS) is 13.8. The second kappa shape index (κ2) is 7.37. The number of nitrogens with one attached hydrogen (secondary N) is 1. The predicted molar refractivity (Wildman–Crippen MR) is 115 cm³/mol. The third kappa shape index (κ3) is 3.38. The van der Waals surface area contributed by atoms with Gasteiger partial charge >= 0.3 is 0 Å². The number of halogens is 1. The molecule has 1 amide bonds. The van der Waals surface area contributed by atoms with Crippen LogP contribution in [0.4, 0.5) is 0 Å². The first-order chi connectivity index (χ1) is 13.4. The molecular formula is C22H23ClN2O2S. The number of fused-ring (bicyclic) bond motifs is 1. The smallest absolute Gasteiger partial charge is 0.262 e. The summed E-state index contributed by atoms with van der Waals surface area (Å²) < 4.78 is 5.30. The third-order valence-electron chi connectivity index (χ3n) is 5.32. The first-order valence-corrected chi connectivity index (χ1v) is 10.6. The quantitative estimate of drug-likeness (QED) is 0.583. The van der Waals surface area contributed by atoms with Gasteiger partial charge in [-0.1, -0.05) is 23.7 Å². The highest BCUT2D eigenvalue weighted by molar-refractivity contribution is 7.20. The number of thiophene rings is 1. The predicted octanol–water partition coefficient (Wildman–Crippen LogP) is 5.69. The minimum Gasteiger partial charge on any atom is -0.496 e. The summed E-state index contributed by atoms with van der Waals surface area (Å²) in [5, 5.41) is 4.86. The molecule has 2 heterocycles. The Balaban J connectivity index is 1.65. The van der Waals surface area contributed by atoms with Crippen molar-refractivity contribution in [2.75, 3.05) is 7.11 Å². The van der Waals surface area contributed by atoms with Crippen molar-refractivity contribution in [1.29, 1.82) is 0 Å². The number of amides is 1. The molecule has 0 unspecified atom stereocenters. The third-order valence-corrected chi connectivity index (χ3v) is 6.98. The van der Waals surface area contributed by atoms with Crippen LogP contribution in [0, 0.1) is 20.8 Å².